The smallest absolute Gasteiger partial charge is 0.264 e. The summed E-state index contributed by atoms with van der Waals surface area (Å²) in [7, 11) is -8.05. The van der Waals surface area contributed by atoms with Gasteiger partial charge in [0.15, 0.2) is 5.71 Å². The molecule has 274 valence electrons. The third-order valence-corrected chi connectivity index (χ3v) is 12.2. The van der Waals surface area contributed by atoms with E-state index in [0.717, 1.165) is 28.4 Å². The maximum Gasteiger partial charge on any atom is 0.264 e. The summed E-state index contributed by atoms with van der Waals surface area (Å²) in [6.07, 6.45) is 10.6. The van der Waals surface area contributed by atoms with E-state index in [-0.39, 0.29) is 22.3 Å². The van der Waals surface area contributed by atoms with Crippen LogP contribution in [0.15, 0.2) is 108 Å². The van der Waals surface area contributed by atoms with Gasteiger partial charge in [-0.2, -0.15) is 21.4 Å². The van der Waals surface area contributed by atoms with E-state index in [9.17, 15) is 25.9 Å². The number of nitrogens with zero attached hydrogens (tertiary/aromatic N) is 2. The number of rotatable bonds is 13. The first kappa shape index (κ1) is 37.7. The van der Waals surface area contributed by atoms with Crippen LogP contribution in [0.3, 0.4) is 0 Å². The van der Waals surface area contributed by atoms with Crippen LogP contribution in [0, 0.1) is 0 Å². The Morgan fingerprint density at radius 1 is 0.731 bits per heavy atom. The molecule has 2 N–H and O–H groups in total. The van der Waals surface area contributed by atoms with Gasteiger partial charge in [0.1, 0.15) is 6.54 Å². The van der Waals surface area contributed by atoms with Crippen molar-refractivity contribution in [2.75, 3.05) is 29.5 Å². The molecule has 10 heteroatoms. The van der Waals surface area contributed by atoms with E-state index in [0.29, 0.717) is 38.8 Å². The lowest BCUT2D eigenvalue weighted by molar-refractivity contribution is -0.438. The second kappa shape index (κ2) is 14.4. The van der Waals surface area contributed by atoms with Crippen LogP contribution in [0.1, 0.15) is 71.4 Å². The summed E-state index contributed by atoms with van der Waals surface area (Å²) < 4.78 is 66.7. The van der Waals surface area contributed by atoms with Crippen molar-refractivity contribution in [2.45, 2.75) is 71.1 Å². The van der Waals surface area contributed by atoms with Crippen molar-refractivity contribution in [2.24, 2.45) is 0 Å². The Balaban J connectivity index is 1.36. The maximum absolute atomic E-state index is 11.4. The monoisotopic (exact) mass is 741 g/mol. The molecule has 0 unspecified atom stereocenters. The summed E-state index contributed by atoms with van der Waals surface area (Å²) in [5.41, 5.74) is 7.33. The van der Waals surface area contributed by atoms with Gasteiger partial charge in [-0.3, -0.25) is 9.11 Å². The average Bonchev–Trinajstić information content (AvgIpc) is 3.43. The summed E-state index contributed by atoms with van der Waals surface area (Å²) in [6.45, 7) is 12.3. The van der Waals surface area contributed by atoms with E-state index >= 15 is 0 Å². The normalized spacial score (nSPS) is 17.9. The van der Waals surface area contributed by atoms with Gasteiger partial charge in [-0.05, 0) is 85.4 Å². The van der Waals surface area contributed by atoms with Crippen LogP contribution in [-0.4, -0.2) is 60.8 Å². The lowest BCUT2D eigenvalue weighted by Crippen LogP contribution is -2.28. The van der Waals surface area contributed by atoms with E-state index in [2.05, 4.69) is 129 Å². The standard InChI is InChI=1S/C42H48N2O6S2/c1-30(18-24-37-41(2,3)39-33-16-8-6-14-31(33)20-22-35(39)43(37)26-10-12-28-51(45,46)47)19-25-38-42(4,5)40-34-17-9-7-15-32(34)21-23-36(40)44(38)27-11-13-29-52(48,49)50/h6-9,14-25H,10-13,26-29H2,1-5H3,(H-,45,46,47,48,49,50)/p+1. The first-order valence-electron chi connectivity index (χ1n) is 17.9. The minimum absolute atomic E-state index is 0.260. The molecule has 2 heterocycles. The summed E-state index contributed by atoms with van der Waals surface area (Å²) in [5, 5.41) is 4.73. The molecule has 0 aromatic heterocycles. The third-order valence-electron chi connectivity index (χ3n) is 10.6. The van der Waals surface area contributed by atoms with E-state index in [1.165, 1.54) is 32.7 Å². The zero-order chi connectivity index (χ0) is 37.5. The lowest BCUT2D eigenvalue weighted by atomic mass is 9.79. The third kappa shape index (κ3) is 7.67. The van der Waals surface area contributed by atoms with Gasteiger partial charge in [-0.1, -0.05) is 86.2 Å². The molecule has 0 bridgehead atoms. The Morgan fingerprint density at radius 3 is 1.94 bits per heavy atom. The molecule has 0 amide bonds. The van der Waals surface area contributed by atoms with Crippen molar-refractivity contribution in [1.29, 1.82) is 0 Å². The van der Waals surface area contributed by atoms with E-state index in [1.54, 1.807) is 0 Å². The van der Waals surface area contributed by atoms with E-state index in [1.807, 2.05) is 12.1 Å². The van der Waals surface area contributed by atoms with Crippen molar-refractivity contribution < 1.29 is 30.5 Å². The Hall–Kier alpha value is -4.09. The Kier molecular flexibility index (Phi) is 10.4. The van der Waals surface area contributed by atoms with Crippen LogP contribution in [-0.2, 0) is 31.1 Å². The molecular formula is C42H49N2O6S2+. The van der Waals surface area contributed by atoms with Crippen LogP contribution in [0.5, 0.6) is 0 Å². The zero-order valence-electron chi connectivity index (χ0n) is 30.6. The molecule has 0 atom stereocenters. The Labute approximate surface area is 308 Å². The first-order chi connectivity index (χ1) is 24.5. The molecule has 4 aromatic rings. The highest BCUT2D eigenvalue weighted by Crippen LogP contribution is 2.51. The van der Waals surface area contributed by atoms with Crippen LogP contribution in [0.25, 0.3) is 21.5 Å². The molecule has 8 nitrogen and oxygen atoms in total. The molecule has 0 saturated heterocycles. The first-order valence-corrected chi connectivity index (χ1v) is 21.2. The second-order valence-electron chi connectivity index (χ2n) is 15.1. The molecule has 0 saturated carbocycles. The molecule has 0 radical (unpaired) electrons. The van der Waals surface area contributed by atoms with Gasteiger partial charge in [-0.25, -0.2) is 0 Å². The second-order valence-corrected chi connectivity index (χ2v) is 18.2. The molecule has 0 fully saturated rings. The van der Waals surface area contributed by atoms with Gasteiger partial charge in [-0.15, -0.1) is 0 Å². The molecule has 2 aliphatic heterocycles. The molecular weight excluding hydrogens is 693 g/mol. The summed E-state index contributed by atoms with van der Waals surface area (Å²) in [4.78, 5) is 2.30. The topological polar surface area (TPSA) is 115 Å². The number of anilines is 1. The average molecular weight is 742 g/mol. The van der Waals surface area contributed by atoms with Crippen LogP contribution >= 0.6 is 0 Å². The van der Waals surface area contributed by atoms with Crippen molar-refractivity contribution in [3.05, 3.63) is 119 Å². The Bertz CT molecular complexity index is 2390. The highest BCUT2D eigenvalue weighted by atomic mass is 32.2. The van der Waals surface area contributed by atoms with E-state index < -0.39 is 20.2 Å². The predicted octanol–water partition coefficient (Wildman–Crippen LogP) is 8.89. The summed E-state index contributed by atoms with van der Waals surface area (Å²) in [5.74, 6) is -0.520. The fourth-order valence-corrected chi connectivity index (χ4v) is 9.28. The van der Waals surface area contributed by atoms with Crippen molar-refractivity contribution in [3.8, 4) is 0 Å². The van der Waals surface area contributed by atoms with Crippen molar-refractivity contribution in [3.63, 3.8) is 0 Å². The highest BCUT2D eigenvalue weighted by molar-refractivity contribution is 7.86. The number of fused-ring (bicyclic) bond motifs is 6. The largest absolute Gasteiger partial charge is 0.344 e. The fourth-order valence-electron chi connectivity index (χ4n) is 8.14. The lowest BCUT2D eigenvalue weighted by Gasteiger charge is -2.27. The SMILES string of the molecule is CC(C=CC1=[N+](CCCCS(=O)(=O)O)c2ccc3ccccc3c2C1(C)C)=CC=C1N(CCCCS(=O)(=O)O)c2ccc3ccccc3c2C1(C)C. The van der Waals surface area contributed by atoms with Crippen molar-refractivity contribution in [1.82, 2.24) is 0 Å². The minimum atomic E-state index is -4.02. The van der Waals surface area contributed by atoms with Gasteiger partial charge >= 0.3 is 0 Å². The molecule has 6 rings (SSSR count). The zero-order valence-corrected chi connectivity index (χ0v) is 32.3. The number of unbranched alkanes of at least 4 members (excludes halogenated alkanes) is 2. The van der Waals surface area contributed by atoms with Crippen LogP contribution in [0.2, 0.25) is 0 Å². The number of hydrogen-bond acceptors (Lipinski definition) is 5. The number of allylic oxidation sites excluding steroid dienone is 6. The quantitative estimate of drug-likeness (QED) is 0.0609. The minimum Gasteiger partial charge on any atom is -0.344 e. The van der Waals surface area contributed by atoms with Gasteiger partial charge < -0.3 is 4.90 Å². The predicted molar refractivity (Wildman–Crippen MR) is 213 cm³/mol. The number of benzene rings is 4. The summed E-state index contributed by atoms with van der Waals surface area (Å²) >= 11 is 0. The summed E-state index contributed by atoms with van der Waals surface area (Å²) in [6, 6.07) is 25.4. The van der Waals surface area contributed by atoms with Gasteiger partial charge in [0.25, 0.3) is 20.2 Å². The molecule has 0 spiro atoms. The van der Waals surface area contributed by atoms with Gasteiger partial charge in [0.05, 0.1) is 16.9 Å². The highest BCUT2D eigenvalue weighted by Gasteiger charge is 2.45. The van der Waals surface area contributed by atoms with Gasteiger partial charge in [0.2, 0.25) is 5.69 Å². The van der Waals surface area contributed by atoms with Crippen LogP contribution in [0.4, 0.5) is 11.4 Å². The van der Waals surface area contributed by atoms with Crippen molar-refractivity contribution >= 4 is 58.9 Å². The Morgan fingerprint density at radius 2 is 1.31 bits per heavy atom. The molecule has 52 heavy (non-hydrogen) atoms. The van der Waals surface area contributed by atoms with Crippen LogP contribution < -0.4 is 4.90 Å². The fraction of sp³-hybridized carbons (Fsp3) is 0.357. The maximum atomic E-state index is 11.4. The molecule has 2 aliphatic rings. The van der Waals surface area contributed by atoms with Gasteiger partial charge in [0, 0.05) is 47.5 Å². The molecule has 0 aliphatic carbocycles. The molecule has 4 aromatic carbocycles. The number of hydrogen-bond donors (Lipinski definition) is 2. The van der Waals surface area contributed by atoms with E-state index in [4.69, 9.17) is 0 Å².